The van der Waals surface area contributed by atoms with Crippen molar-refractivity contribution in [1.29, 1.82) is 0 Å². The maximum atomic E-state index is 11.1. The minimum absolute atomic E-state index is 0.0382. The van der Waals surface area contributed by atoms with Crippen LogP contribution in [0.5, 0.6) is 0 Å². The summed E-state index contributed by atoms with van der Waals surface area (Å²) in [6.07, 6.45) is 2.73. The first-order valence-corrected chi connectivity index (χ1v) is 3.46. The number of allylic oxidation sites excluding steroid dienone is 2. The molecule has 0 spiro atoms. The SMILES string of the molecule is CC1(C)CCC(O)=CC1=O. The Bertz CT molecular complexity index is 189. The minimum atomic E-state index is -0.258. The monoisotopic (exact) mass is 140 g/mol. The van der Waals surface area contributed by atoms with Crippen molar-refractivity contribution in [3.05, 3.63) is 11.8 Å². The largest absolute Gasteiger partial charge is 0.512 e. The molecule has 0 saturated carbocycles. The molecule has 0 bridgehead atoms. The molecule has 0 heterocycles. The van der Waals surface area contributed by atoms with Gasteiger partial charge in [0.15, 0.2) is 5.78 Å². The maximum absolute atomic E-state index is 11.1. The Hall–Kier alpha value is -0.790. The predicted molar refractivity (Wildman–Crippen MR) is 38.7 cm³/mol. The highest BCUT2D eigenvalue weighted by Crippen LogP contribution is 2.30. The van der Waals surface area contributed by atoms with Crippen LogP contribution >= 0.6 is 0 Å². The van der Waals surface area contributed by atoms with E-state index in [4.69, 9.17) is 5.11 Å². The van der Waals surface area contributed by atoms with Crippen LogP contribution in [0.15, 0.2) is 11.8 Å². The predicted octanol–water partition coefficient (Wildman–Crippen LogP) is 1.82. The van der Waals surface area contributed by atoms with Crippen molar-refractivity contribution in [3.8, 4) is 0 Å². The number of aliphatic hydroxyl groups excluding tert-OH is 1. The van der Waals surface area contributed by atoms with Gasteiger partial charge in [-0.25, -0.2) is 0 Å². The molecule has 0 aromatic heterocycles. The summed E-state index contributed by atoms with van der Waals surface area (Å²) in [6, 6.07) is 0. The van der Waals surface area contributed by atoms with Gasteiger partial charge in [-0.3, -0.25) is 4.79 Å². The molecule has 1 N–H and O–H groups in total. The molecule has 0 aromatic carbocycles. The second kappa shape index (κ2) is 2.11. The molecule has 0 aromatic rings. The third-order valence-corrected chi connectivity index (χ3v) is 1.97. The smallest absolute Gasteiger partial charge is 0.164 e. The summed E-state index contributed by atoms with van der Waals surface area (Å²) in [6.45, 7) is 3.80. The van der Waals surface area contributed by atoms with E-state index < -0.39 is 0 Å². The molecule has 10 heavy (non-hydrogen) atoms. The summed E-state index contributed by atoms with van der Waals surface area (Å²) in [5.41, 5.74) is -0.258. The molecule has 0 fully saturated rings. The molecule has 0 unspecified atom stereocenters. The van der Waals surface area contributed by atoms with Crippen LogP contribution in [0.1, 0.15) is 26.7 Å². The van der Waals surface area contributed by atoms with Gasteiger partial charge in [-0.1, -0.05) is 13.8 Å². The van der Waals surface area contributed by atoms with Crippen molar-refractivity contribution >= 4 is 5.78 Å². The Kier molecular flexibility index (Phi) is 1.55. The number of hydrogen-bond donors (Lipinski definition) is 1. The first-order valence-electron chi connectivity index (χ1n) is 3.46. The third-order valence-electron chi connectivity index (χ3n) is 1.97. The van der Waals surface area contributed by atoms with Crippen molar-refractivity contribution in [2.24, 2.45) is 5.41 Å². The fourth-order valence-electron chi connectivity index (χ4n) is 0.983. The zero-order chi connectivity index (χ0) is 7.78. The van der Waals surface area contributed by atoms with Crippen LogP contribution in [-0.4, -0.2) is 10.9 Å². The van der Waals surface area contributed by atoms with E-state index in [0.29, 0.717) is 6.42 Å². The highest BCUT2D eigenvalue weighted by atomic mass is 16.3. The first-order chi connectivity index (χ1) is 4.52. The summed E-state index contributed by atoms with van der Waals surface area (Å²) in [5, 5.41) is 8.95. The topological polar surface area (TPSA) is 37.3 Å². The van der Waals surface area contributed by atoms with Gasteiger partial charge >= 0.3 is 0 Å². The fraction of sp³-hybridized carbons (Fsp3) is 0.625. The summed E-state index contributed by atoms with van der Waals surface area (Å²) in [5.74, 6) is 0.264. The maximum Gasteiger partial charge on any atom is 0.164 e. The third kappa shape index (κ3) is 1.20. The molecule has 0 saturated heterocycles. The molecule has 1 aliphatic rings. The highest BCUT2D eigenvalue weighted by molar-refractivity contribution is 5.95. The van der Waals surface area contributed by atoms with E-state index in [9.17, 15) is 4.79 Å². The summed E-state index contributed by atoms with van der Waals surface area (Å²) in [7, 11) is 0. The lowest BCUT2D eigenvalue weighted by Crippen LogP contribution is -2.26. The van der Waals surface area contributed by atoms with E-state index in [1.54, 1.807) is 0 Å². The Morgan fingerprint density at radius 1 is 1.60 bits per heavy atom. The van der Waals surface area contributed by atoms with Crippen molar-refractivity contribution in [2.45, 2.75) is 26.7 Å². The van der Waals surface area contributed by atoms with Crippen molar-refractivity contribution in [1.82, 2.24) is 0 Å². The van der Waals surface area contributed by atoms with Crippen molar-refractivity contribution < 1.29 is 9.90 Å². The number of carbonyl (C=O) groups excluding carboxylic acids is 1. The molecule has 2 nitrogen and oxygen atoms in total. The van der Waals surface area contributed by atoms with E-state index in [1.807, 2.05) is 13.8 Å². The lowest BCUT2D eigenvalue weighted by atomic mass is 9.79. The van der Waals surface area contributed by atoms with Crippen LogP contribution in [0, 0.1) is 5.41 Å². The van der Waals surface area contributed by atoms with E-state index in [0.717, 1.165) is 6.42 Å². The molecule has 2 heteroatoms. The number of aliphatic hydroxyl groups is 1. The van der Waals surface area contributed by atoms with Gasteiger partial charge in [0, 0.05) is 17.9 Å². The molecular formula is C8H12O2. The summed E-state index contributed by atoms with van der Waals surface area (Å²) >= 11 is 0. The Labute approximate surface area is 60.6 Å². The fourth-order valence-corrected chi connectivity index (χ4v) is 0.983. The molecule has 0 amide bonds. The Morgan fingerprint density at radius 2 is 2.20 bits per heavy atom. The van der Waals surface area contributed by atoms with Crippen molar-refractivity contribution in [2.75, 3.05) is 0 Å². The minimum Gasteiger partial charge on any atom is -0.512 e. The van der Waals surface area contributed by atoms with Gasteiger partial charge in [0.1, 0.15) is 0 Å². The second-order valence-electron chi connectivity index (χ2n) is 3.38. The highest BCUT2D eigenvalue weighted by Gasteiger charge is 2.29. The molecule has 1 rings (SSSR count). The van der Waals surface area contributed by atoms with E-state index in [2.05, 4.69) is 0 Å². The summed E-state index contributed by atoms with van der Waals surface area (Å²) in [4.78, 5) is 11.1. The number of ketones is 1. The molecule has 1 aliphatic carbocycles. The van der Waals surface area contributed by atoms with Crippen LogP contribution in [0.25, 0.3) is 0 Å². The first kappa shape index (κ1) is 7.32. The second-order valence-corrected chi connectivity index (χ2v) is 3.38. The number of hydrogen-bond acceptors (Lipinski definition) is 2. The Balaban J connectivity index is 2.84. The van der Waals surface area contributed by atoms with Gasteiger partial charge in [0.05, 0.1) is 5.76 Å². The van der Waals surface area contributed by atoms with E-state index in [-0.39, 0.29) is 17.0 Å². The molecule has 56 valence electrons. The van der Waals surface area contributed by atoms with E-state index >= 15 is 0 Å². The number of carbonyl (C=O) groups is 1. The van der Waals surface area contributed by atoms with E-state index in [1.165, 1.54) is 6.08 Å². The van der Waals surface area contributed by atoms with Crippen LogP contribution in [0.3, 0.4) is 0 Å². The zero-order valence-corrected chi connectivity index (χ0v) is 6.35. The normalized spacial score (nSPS) is 24.2. The average Bonchev–Trinajstić information content (AvgIpc) is 1.81. The van der Waals surface area contributed by atoms with Crippen LogP contribution in [0.2, 0.25) is 0 Å². The van der Waals surface area contributed by atoms with Crippen LogP contribution < -0.4 is 0 Å². The van der Waals surface area contributed by atoms with Gasteiger partial charge < -0.3 is 5.11 Å². The van der Waals surface area contributed by atoms with Crippen molar-refractivity contribution in [3.63, 3.8) is 0 Å². The quantitative estimate of drug-likeness (QED) is 0.557. The van der Waals surface area contributed by atoms with Gasteiger partial charge in [0.2, 0.25) is 0 Å². The lowest BCUT2D eigenvalue weighted by Gasteiger charge is -2.24. The van der Waals surface area contributed by atoms with Gasteiger partial charge in [-0.2, -0.15) is 0 Å². The van der Waals surface area contributed by atoms with Gasteiger partial charge in [-0.15, -0.1) is 0 Å². The molecular weight excluding hydrogens is 128 g/mol. The standard InChI is InChI=1S/C8H12O2/c1-8(2)4-3-6(9)5-7(8)10/h5,9H,3-4H2,1-2H3. The van der Waals surface area contributed by atoms with Crippen LogP contribution in [-0.2, 0) is 4.79 Å². The van der Waals surface area contributed by atoms with Gasteiger partial charge in [-0.05, 0) is 6.42 Å². The van der Waals surface area contributed by atoms with Gasteiger partial charge in [0.25, 0.3) is 0 Å². The zero-order valence-electron chi connectivity index (χ0n) is 6.35. The van der Waals surface area contributed by atoms with Crippen LogP contribution in [0.4, 0.5) is 0 Å². The molecule has 0 aliphatic heterocycles. The molecule has 0 radical (unpaired) electrons. The number of rotatable bonds is 0. The average molecular weight is 140 g/mol. The lowest BCUT2D eigenvalue weighted by molar-refractivity contribution is -0.123. The summed E-state index contributed by atoms with van der Waals surface area (Å²) < 4.78 is 0. The molecule has 0 atom stereocenters. The Morgan fingerprint density at radius 3 is 2.60 bits per heavy atom.